The molecule has 0 heterocycles. The summed E-state index contributed by atoms with van der Waals surface area (Å²) >= 11 is 6.18. The molecular weight excluding hydrogens is 268 g/mol. The molecule has 106 valence electrons. The molecule has 0 aliphatic carbocycles. The van der Waals surface area contributed by atoms with Crippen molar-refractivity contribution >= 4 is 11.6 Å². The summed E-state index contributed by atoms with van der Waals surface area (Å²) in [7, 11) is 0. The predicted octanol–water partition coefficient (Wildman–Crippen LogP) is 5.36. The standard InChI is InChI=1S/C18H21ClO/c1-18(2,3)13-20-16-10-8-14(9-11-16)12-15-6-4-5-7-17(15)19/h4-11H,12-13H2,1-3H3. The van der Waals surface area contributed by atoms with Crippen LogP contribution in [0.5, 0.6) is 5.75 Å². The maximum atomic E-state index is 6.18. The zero-order valence-corrected chi connectivity index (χ0v) is 13.1. The van der Waals surface area contributed by atoms with Gasteiger partial charge >= 0.3 is 0 Å². The first-order chi connectivity index (χ1) is 9.44. The molecule has 2 rings (SSSR count). The molecule has 1 nitrogen and oxygen atoms in total. The Labute approximate surface area is 126 Å². The average Bonchev–Trinajstić information content (AvgIpc) is 2.40. The van der Waals surface area contributed by atoms with Gasteiger partial charge < -0.3 is 4.74 Å². The van der Waals surface area contributed by atoms with E-state index < -0.39 is 0 Å². The van der Waals surface area contributed by atoms with Crippen LogP contribution in [0.3, 0.4) is 0 Å². The lowest BCUT2D eigenvalue weighted by Gasteiger charge is -2.18. The molecule has 0 unspecified atom stereocenters. The van der Waals surface area contributed by atoms with E-state index in [0.29, 0.717) is 0 Å². The predicted molar refractivity (Wildman–Crippen MR) is 85.7 cm³/mol. The van der Waals surface area contributed by atoms with Crippen molar-refractivity contribution in [1.82, 2.24) is 0 Å². The molecule has 2 aromatic carbocycles. The molecule has 0 bridgehead atoms. The van der Waals surface area contributed by atoms with Crippen molar-refractivity contribution in [2.24, 2.45) is 5.41 Å². The van der Waals surface area contributed by atoms with Gasteiger partial charge in [0.15, 0.2) is 0 Å². The normalized spacial score (nSPS) is 11.4. The summed E-state index contributed by atoms with van der Waals surface area (Å²) < 4.78 is 5.77. The summed E-state index contributed by atoms with van der Waals surface area (Å²) in [5, 5.41) is 0.820. The molecule has 0 radical (unpaired) electrons. The Kier molecular flexibility index (Phi) is 4.72. The molecule has 0 saturated carbocycles. The Morgan fingerprint density at radius 1 is 0.950 bits per heavy atom. The molecule has 0 fully saturated rings. The van der Waals surface area contributed by atoms with E-state index >= 15 is 0 Å². The van der Waals surface area contributed by atoms with Crippen LogP contribution in [0.2, 0.25) is 5.02 Å². The quantitative estimate of drug-likeness (QED) is 0.736. The van der Waals surface area contributed by atoms with E-state index in [-0.39, 0.29) is 5.41 Å². The second-order valence-corrected chi connectivity index (χ2v) is 6.67. The van der Waals surface area contributed by atoms with Gasteiger partial charge in [0, 0.05) is 5.02 Å². The highest BCUT2D eigenvalue weighted by atomic mass is 35.5. The van der Waals surface area contributed by atoms with Crippen molar-refractivity contribution < 1.29 is 4.74 Å². The minimum Gasteiger partial charge on any atom is -0.493 e. The molecule has 0 amide bonds. The van der Waals surface area contributed by atoms with Gasteiger partial charge in [0.05, 0.1) is 6.61 Å². The zero-order chi connectivity index (χ0) is 14.6. The van der Waals surface area contributed by atoms with E-state index in [0.717, 1.165) is 29.4 Å². The number of hydrogen-bond acceptors (Lipinski definition) is 1. The fraction of sp³-hybridized carbons (Fsp3) is 0.333. The Morgan fingerprint density at radius 3 is 2.20 bits per heavy atom. The molecule has 0 spiro atoms. The fourth-order valence-electron chi connectivity index (χ4n) is 1.87. The monoisotopic (exact) mass is 288 g/mol. The first-order valence-electron chi connectivity index (χ1n) is 6.89. The van der Waals surface area contributed by atoms with Gasteiger partial charge in [-0.2, -0.15) is 0 Å². The van der Waals surface area contributed by atoms with E-state index in [4.69, 9.17) is 16.3 Å². The third-order valence-electron chi connectivity index (χ3n) is 2.95. The van der Waals surface area contributed by atoms with E-state index in [1.807, 2.05) is 30.3 Å². The minimum atomic E-state index is 0.177. The minimum absolute atomic E-state index is 0.177. The highest BCUT2D eigenvalue weighted by molar-refractivity contribution is 6.31. The Morgan fingerprint density at radius 2 is 1.60 bits per heavy atom. The van der Waals surface area contributed by atoms with E-state index in [1.54, 1.807) is 0 Å². The maximum absolute atomic E-state index is 6.18. The number of ether oxygens (including phenoxy) is 1. The van der Waals surface area contributed by atoms with Crippen molar-refractivity contribution in [2.45, 2.75) is 27.2 Å². The Hall–Kier alpha value is -1.47. The average molecular weight is 289 g/mol. The van der Waals surface area contributed by atoms with Gasteiger partial charge in [0.1, 0.15) is 5.75 Å². The second kappa shape index (κ2) is 6.32. The van der Waals surface area contributed by atoms with Gasteiger partial charge in [-0.1, -0.05) is 62.7 Å². The number of benzene rings is 2. The summed E-state index contributed by atoms with van der Waals surface area (Å²) in [4.78, 5) is 0. The third-order valence-corrected chi connectivity index (χ3v) is 3.32. The largest absolute Gasteiger partial charge is 0.493 e. The summed E-state index contributed by atoms with van der Waals surface area (Å²) in [6.07, 6.45) is 0.846. The first kappa shape index (κ1) is 14.9. The molecule has 20 heavy (non-hydrogen) atoms. The van der Waals surface area contributed by atoms with Gasteiger partial charge in [-0.05, 0) is 41.2 Å². The molecule has 0 saturated heterocycles. The summed E-state index contributed by atoms with van der Waals surface area (Å²) in [5.74, 6) is 0.919. The van der Waals surface area contributed by atoms with E-state index in [1.165, 1.54) is 5.56 Å². The van der Waals surface area contributed by atoms with Crippen molar-refractivity contribution in [3.63, 3.8) is 0 Å². The van der Waals surface area contributed by atoms with Crippen LogP contribution in [0.4, 0.5) is 0 Å². The SMILES string of the molecule is CC(C)(C)COc1ccc(Cc2ccccc2Cl)cc1. The second-order valence-electron chi connectivity index (χ2n) is 6.26. The van der Waals surface area contributed by atoms with E-state index in [9.17, 15) is 0 Å². The zero-order valence-electron chi connectivity index (χ0n) is 12.3. The Balaban J connectivity index is 2.00. The maximum Gasteiger partial charge on any atom is 0.119 e. The van der Waals surface area contributed by atoms with Gasteiger partial charge in [0.2, 0.25) is 0 Å². The van der Waals surface area contributed by atoms with Crippen molar-refractivity contribution in [2.75, 3.05) is 6.61 Å². The summed E-state index contributed by atoms with van der Waals surface area (Å²) in [6, 6.07) is 16.2. The Bertz CT molecular complexity index is 552. The van der Waals surface area contributed by atoms with E-state index in [2.05, 4.69) is 39.0 Å². The molecular formula is C18H21ClO. The fourth-order valence-corrected chi connectivity index (χ4v) is 2.07. The molecule has 0 aromatic heterocycles. The van der Waals surface area contributed by atoms with Crippen LogP contribution >= 0.6 is 11.6 Å². The molecule has 0 N–H and O–H groups in total. The van der Waals surface area contributed by atoms with Crippen LogP contribution in [0.25, 0.3) is 0 Å². The number of halogens is 1. The van der Waals surface area contributed by atoms with Gasteiger partial charge in [-0.15, -0.1) is 0 Å². The van der Waals surface area contributed by atoms with Crippen molar-refractivity contribution in [3.05, 3.63) is 64.7 Å². The molecule has 2 aromatic rings. The van der Waals surface area contributed by atoms with Crippen molar-refractivity contribution in [1.29, 1.82) is 0 Å². The van der Waals surface area contributed by atoms with Gasteiger partial charge in [0.25, 0.3) is 0 Å². The molecule has 0 atom stereocenters. The highest BCUT2D eigenvalue weighted by Gasteiger charge is 2.11. The number of rotatable bonds is 4. The van der Waals surface area contributed by atoms with Crippen LogP contribution in [-0.4, -0.2) is 6.61 Å². The number of hydrogen-bond donors (Lipinski definition) is 0. The van der Waals surface area contributed by atoms with Gasteiger partial charge in [-0.3, -0.25) is 0 Å². The molecule has 2 heteroatoms. The summed E-state index contributed by atoms with van der Waals surface area (Å²) in [5.41, 5.74) is 2.56. The third kappa shape index (κ3) is 4.57. The lowest BCUT2D eigenvalue weighted by molar-refractivity contribution is 0.198. The smallest absolute Gasteiger partial charge is 0.119 e. The summed E-state index contributed by atoms with van der Waals surface area (Å²) in [6.45, 7) is 7.22. The highest BCUT2D eigenvalue weighted by Crippen LogP contribution is 2.22. The van der Waals surface area contributed by atoms with Crippen LogP contribution in [-0.2, 0) is 6.42 Å². The van der Waals surface area contributed by atoms with Crippen LogP contribution in [0.15, 0.2) is 48.5 Å². The lowest BCUT2D eigenvalue weighted by atomic mass is 9.99. The lowest BCUT2D eigenvalue weighted by Crippen LogP contribution is -2.16. The topological polar surface area (TPSA) is 9.23 Å². The molecule has 0 aliphatic heterocycles. The van der Waals surface area contributed by atoms with Gasteiger partial charge in [-0.25, -0.2) is 0 Å². The molecule has 0 aliphatic rings. The van der Waals surface area contributed by atoms with Crippen LogP contribution in [0, 0.1) is 5.41 Å². The first-order valence-corrected chi connectivity index (χ1v) is 7.27. The van der Waals surface area contributed by atoms with Crippen molar-refractivity contribution in [3.8, 4) is 5.75 Å². The van der Waals surface area contributed by atoms with Crippen LogP contribution in [0.1, 0.15) is 31.9 Å². The van der Waals surface area contributed by atoms with Crippen LogP contribution < -0.4 is 4.74 Å².